The van der Waals surface area contributed by atoms with Crippen molar-refractivity contribution in [2.75, 3.05) is 18.6 Å². The van der Waals surface area contributed by atoms with E-state index in [1.54, 1.807) is 6.26 Å². The number of hydrogen-bond donors (Lipinski definition) is 1. The van der Waals surface area contributed by atoms with Crippen LogP contribution in [0.15, 0.2) is 23.4 Å². The second kappa shape index (κ2) is 14.1. The molecule has 6 nitrogen and oxygen atoms in total. The third kappa shape index (κ3) is 7.55. The van der Waals surface area contributed by atoms with Crippen molar-refractivity contribution in [3.63, 3.8) is 0 Å². The number of alkyl halides is 2. The Labute approximate surface area is 174 Å². The smallest absolute Gasteiger partial charge is 0.272 e. The van der Waals surface area contributed by atoms with Crippen LogP contribution in [0.2, 0.25) is 0 Å². The fourth-order valence-electron chi connectivity index (χ4n) is 1.97. The van der Waals surface area contributed by atoms with Crippen LogP contribution in [0.3, 0.4) is 0 Å². The highest BCUT2D eigenvalue weighted by Gasteiger charge is 2.20. The molecular formula is C20H25F2N5OS. The van der Waals surface area contributed by atoms with Gasteiger partial charge in [0.15, 0.2) is 0 Å². The number of nitrogens with zero attached hydrogens (tertiary/aromatic N) is 4. The van der Waals surface area contributed by atoms with Gasteiger partial charge in [-0.15, -0.1) is 11.8 Å². The lowest BCUT2D eigenvalue weighted by Gasteiger charge is -2.12. The monoisotopic (exact) mass is 421 g/mol. The summed E-state index contributed by atoms with van der Waals surface area (Å²) < 4.78 is 29.2. The second-order valence-corrected chi connectivity index (χ2v) is 5.94. The van der Waals surface area contributed by atoms with Crippen LogP contribution in [0.1, 0.15) is 45.2 Å². The molecule has 2 N–H and O–H groups in total. The SMILES string of the molecule is CC.CCC.CSc1nc(N)c(C#N)c(-c2ccc(OCC(F)F)cn2)c1C#N. The van der Waals surface area contributed by atoms with Crippen molar-refractivity contribution in [3.05, 3.63) is 29.5 Å². The van der Waals surface area contributed by atoms with E-state index in [4.69, 9.17) is 10.5 Å². The van der Waals surface area contributed by atoms with Crippen LogP contribution in [0, 0.1) is 22.7 Å². The van der Waals surface area contributed by atoms with Crippen LogP contribution < -0.4 is 10.5 Å². The third-order valence-corrected chi connectivity index (χ3v) is 3.66. The number of ether oxygens (including phenoxy) is 1. The Balaban J connectivity index is 0.00000143. The van der Waals surface area contributed by atoms with Crippen LogP contribution in [0.4, 0.5) is 14.6 Å². The van der Waals surface area contributed by atoms with Gasteiger partial charge in [-0.2, -0.15) is 10.5 Å². The maximum absolute atomic E-state index is 12.1. The number of nitrogen functional groups attached to an aromatic ring is 1. The Morgan fingerprint density at radius 3 is 2.17 bits per heavy atom. The molecular weight excluding hydrogens is 396 g/mol. The van der Waals surface area contributed by atoms with Gasteiger partial charge in [-0.3, -0.25) is 4.98 Å². The summed E-state index contributed by atoms with van der Waals surface area (Å²) in [6, 6.07) is 6.84. The number of aromatic nitrogens is 2. The number of anilines is 1. The number of rotatable bonds is 5. The summed E-state index contributed by atoms with van der Waals surface area (Å²) in [4.78, 5) is 8.14. The summed E-state index contributed by atoms with van der Waals surface area (Å²) in [6.45, 7) is 7.51. The fourth-order valence-corrected chi connectivity index (χ4v) is 2.52. The molecule has 0 aliphatic heterocycles. The quantitative estimate of drug-likeness (QED) is 0.654. The normalized spacial score (nSPS) is 9.31. The first-order chi connectivity index (χ1) is 13.9. The highest BCUT2D eigenvalue weighted by atomic mass is 32.2. The molecule has 0 radical (unpaired) electrons. The Morgan fingerprint density at radius 2 is 1.76 bits per heavy atom. The molecule has 0 unspecified atom stereocenters. The lowest BCUT2D eigenvalue weighted by Crippen LogP contribution is -2.07. The van der Waals surface area contributed by atoms with Gasteiger partial charge in [-0.05, 0) is 18.4 Å². The number of nitriles is 2. The molecule has 2 heterocycles. The molecule has 0 fully saturated rings. The molecule has 2 aromatic heterocycles. The van der Waals surface area contributed by atoms with Crippen molar-refractivity contribution >= 4 is 17.6 Å². The summed E-state index contributed by atoms with van der Waals surface area (Å²) in [5.41, 5.74) is 6.57. The molecule has 0 aliphatic rings. The van der Waals surface area contributed by atoms with Crippen LogP contribution in [0.25, 0.3) is 11.3 Å². The Hall–Kier alpha value is -2.91. The highest BCUT2D eigenvalue weighted by molar-refractivity contribution is 7.98. The topological polar surface area (TPSA) is 109 Å². The minimum atomic E-state index is -2.59. The zero-order chi connectivity index (χ0) is 22.4. The molecule has 0 amide bonds. The molecule has 0 atom stereocenters. The average molecular weight is 422 g/mol. The number of pyridine rings is 2. The van der Waals surface area contributed by atoms with Gasteiger partial charge in [0.1, 0.15) is 40.9 Å². The minimum absolute atomic E-state index is 0.00400. The van der Waals surface area contributed by atoms with Crippen molar-refractivity contribution in [2.45, 2.75) is 45.6 Å². The molecule has 156 valence electrons. The first-order valence-electron chi connectivity index (χ1n) is 8.98. The van der Waals surface area contributed by atoms with Crippen LogP contribution >= 0.6 is 11.8 Å². The van der Waals surface area contributed by atoms with Crippen molar-refractivity contribution in [1.82, 2.24) is 9.97 Å². The predicted molar refractivity (Wildman–Crippen MR) is 112 cm³/mol. The maximum Gasteiger partial charge on any atom is 0.272 e. The Morgan fingerprint density at radius 1 is 1.17 bits per heavy atom. The molecule has 0 saturated carbocycles. The van der Waals surface area contributed by atoms with Gasteiger partial charge in [-0.1, -0.05) is 34.1 Å². The van der Waals surface area contributed by atoms with Gasteiger partial charge in [0, 0.05) is 5.56 Å². The van der Waals surface area contributed by atoms with Crippen molar-refractivity contribution in [1.29, 1.82) is 10.5 Å². The first-order valence-corrected chi connectivity index (χ1v) is 10.2. The van der Waals surface area contributed by atoms with E-state index >= 15 is 0 Å². The second-order valence-electron chi connectivity index (χ2n) is 5.14. The zero-order valence-electron chi connectivity index (χ0n) is 17.2. The van der Waals surface area contributed by atoms with Gasteiger partial charge in [0.05, 0.1) is 17.5 Å². The molecule has 29 heavy (non-hydrogen) atoms. The van der Waals surface area contributed by atoms with Gasteiger partial charge in [0.25, 0.3) is 6.43 Å². The van der Waals surface area contributed by atoms with Crippen LogP contribution in [0.5, 0.6) is 5.75 Å². The lowest BCUT2D eigenvalue weighted by atomic mass is 10.0. The van der Waals surface area contributed by atoms with E-state index in [9.17, 15) is 19.3 Å². The van der Waals surface area contributed by atoms with Crippen LogP contribution in [-0.4, -0.2) is 29.3 Å². The first kappa shape index (κ1) is 26.1. The van der Waals surface area contributed by atoms with E-state index in [1.165, 1.54) is 36.5 Å². The predicted octanol–water partition coefficient (Wildman–Crippen LogP) is 5.28. The van der Waals surface area contributed by atoms with Gasteiger partial charge >= 0.3 is 0 Å². The fraction of sp³-hybridized carbons (Fsp3) is 0.400. The summed E-state index contributed by atoms with van der Waals surface area (Å²) >= 11 is 1.22. The van der Waals surface area contributed by atoms with Crippen molar-refractivity contribution in [2.24, 2.45) is 0 Å². The summed E-state index contributed by atoms with van der Waals surface area (Å²) in [6.07, 6.45) is 1.63. The molecule has 0 spiro atoms. The Kier molecular flexibility index (Phi) is 12.7. The van der Waals surface area contributed by atoms with E-state index in [0.717, 1.165) is 0 Å². The number of thioether (sulfide) groups is 1. The molecule has 9 heteroatoms. The third-order valence-electron chi connectivity index (χ3n) is 2.98. The number of halogens is 2. The number of nitrogens with two attached hydrogens (primary N) is 1. The Bertz CT molecular complexity index is 846. The summed E-state index contributed by atoms with van der Waals surface area (Å²) in [7, 11) is 0. The van der Waals surface area contributed by atoms with E-state index in [-0.39, 0.29) is 28.3 Å². The minimum Gasteiger partial charge on any atom is -0.486 e. The zero-order valence-corrected chi connectivity index (χ0v) is 18.0. The largest absolute Gasteiger partial charge is 0.486 e. The van der Waals surface area contributed by atoms with Gasteiger partial charge in [-0.25, -0.2) is 13.8 Å². The standard InChI is InChI=1S/C15H11F2N5OS.C3H8.C2H6/c1-24-15-10(5-19)13(9(4-18)14(20)22-15)11-3-2-8(6-21-11)23-7-12(16)17;1-3-2;1-2/h2-3,6,12H,7H2,1H3,(H2,20,22);3H2,1-2H3;1-2H3. The molecule has 0 bridgehead atoms. The van der Waals surface area contributed by atoms with E-state index in [2.05, 4.69) is 23.8 Å². The molecule has 2 rings (SSSR count). The number of hydrogen-bond acceptors (Lipinski definition) is 7. The van der Waals surface area contributed by atoms with Crippen LogP contribution in [-0.2, 0) is 0 Å². The molecule has 0 aromatic carbocycles. The molecule has 2 aromatic rings. The van der Waals surface area contributed by atoms with Crippen molar-refractivity contribution in [3.8, 4) is 29.1 Å². The summed E-state index contributed by atoms with van der Waals surface area (Å²) in [5.74, 6) is 0.152. The highest BCUT2D eigenvalue weighted by Crippen LogP contribution is 2.34. The molecule has 0 saturated heterocycles. The van der Waals surface area contributed by atoms with E-state index in [0.29, 0.717) is 10.7 Å². The van der Waals surface area contributed by atoms with E-state index < -0.39 is 13.0 Å². The summed E-state index contributed by atoms with van der Waals surface area (Å²) in [5, 5.41) is 19.1. The maximum atomic E-state index is 12.1. The van der Waals surface area contributed by atoms with Gasteiger partial charge < -0.3 is 10.5 Å². The van der Waals surface area contributed by atoms with Crippen molar-refractivity contribution < 1.29 is 13.5 Å². The van der Waals surface area contributed by atoms with E-state index in [1.807, 2.05) is 26.0 Å². The molecule has 0 aliphatic carbocycles. The van der Waals surface area contributed by atoms with Gasteiger partial charge in [0.2, 0.25) is 0 Å². The average Bonchev–Trinajstić information content (AvgIpc) is 2.73. The lowest BCUT2D eigenvalue weighted by molar-refractivity contribution is 0.0817.